The molecular weight excluding hydrogens is 596 g/mol. The van der Waals surface area contributed by atoms with Gasteiger partial charge in [-0.3, -0.25) is 9.59 Å². The number of aliphatic hydroxyl groups excluding tert-OH is 1. The Morgan fingerprint density at radius 1 is 1.06 bits per heavy atom. The number of nitrogens with two attached hydrogens (primary N) is 1. The molecule has 12 nitrogen and oxygen atoms in total. The maximum absolute atomic E-state index is 13.7. The van der Waals surface area contributed by atoms with E-state index in [1.165, 1.54) is 12.8 Å². The largest absolute Gasteiger partial charge is 0.494 e. The number of aromatic nitrogens is 4. The Hall–Kier alpha value is -4.16. The molecular formula is C35H44N8O4. The molecule has 0 radical (unpaired) electrons. The van der Waals surface area contributed by atoms with Gasteiger partial charge in [0, 0.05) is 68.7 Å². The summed E-state index contributed by atoms with van der Waals surface area (Å²) in [5.41, 5.74) is 10.5. The van der Waals surface area contributed by atoms with Crippen LogP contribution >= 0.6 is 0 Å². The molecule has 2 amide bonds. The first-order chi connectivity index (χ1) is 22.8. The van der Waals surface area contributed by atoms with Crippen molar-refractivity contribution in [2.75, 3.05) is 44.8 Å². The Kier molecular flexibility index (Phi) is 7.59. The second-order valence-corrected chi connectivity index (χ2v) is 13.9. The van der Waals surface area contributed by atoms with Crippen LogP contribution in [-0.2, 0) is 18.4 Å². The number of imidazole rings is 1. The zero-order chi connectivity index (χ0) is 32.4. The number of aryl methyl sites for hydroxylation is 1. The molecule has 47 heavy (non-hydrogen) atoms. The van der Waals surface area contributed by atoms with E-state index < -0.39 is 0 Å². The molecule has 3 aromatic heterocycles. The molecule has 0 spiro atoms. The highest BCUT2D eigenvalue weighted by Gasteiger charge is 2.47. The van der Waals surface area contributed by atoms with E-state index in [1.54, 1.807) is 7.11 Å². The SMILES string of the molecule is COc1cc(C(=O)N2CC3CCC2[C@@H]3N)cc2nc(-c3cc4ccc(N5CCC(C(=O)NCCO)CC5)nc4n3CC3CC3)n(C)c12. The number of pyridine rings is 1. The van der Waals surface area contributed by atoms with E-state index in [0.29, 0.717) is 36.2 Å². The number of nitrogens with one attached hydrogen (secondary N) is 1. The third kappa shape index (κ3) is 5.22. The molecule has 2 aliphatic heterocycles. The number of nitrogens with zero attached hydrogens (tertiary/aromatic N) is 6. The highest BCUT2D eigenvalue weighted by atomic mass is 16.5. The predicted molar refractivity (Wildman–Crippen MR) is 179 cm³/mol. The Labute approximate surface area is 273 Å². The van der Waals surface area contributed by atoms with Crippen LogP contribution in [-0.4, -0.2) is 92.9 Å². The summed E-state index contributed by atoms with van der Waals surface area (Å²) in [6, 6.07) is 10.3. The van der Waals surface area contributed by atoms with Gasteiger partial charge in [0.1, 0.15) is 22.7 Å². The number of methoxy groups -OCH3 is 1. The van der Waals surface area contributed by atoms with Crippen LogP contribution in [0.25, 0.3) is 33.6 Å². The summed E-state index contributed by atoms with van der Waals surface area (Å²) in [5.74, 6) is 3.31. The molecule has 1 aromatic carbocycles. The average molecular weight is 641 g/mol. The molecule has 3 atom stereocenters. The van der Waals surface area contributed by atoms with Crippen molar-refractivity contribution in [2.45, 2.75) is 57.2 Å². The molecule has 12 heteroatoms. The van der Waals surface area contributed by atoms with Crippen LogP contribution in [0.4, 0.5) is 5.82 Å². The number of ether oxygens (including phenoxy) is 1. The molecule has 4 aliphatic rings. The molecule has 4 N–H and O–H groups in total. The number of fused-ring (bicyclic) bond motifs is 4. The van der Waals surface area contributed by atoms with Crippen LogP contribution in [0.1, 0.15) is 48.9 Å². The molecule has 8 rings (SSSR count). The number of benzene rings is 1. The number of anilines is 1. The average Bonchev–Trinajstić information content (AvgIpc) is 3.50. The Morgan fingerprint density at radius 3 is 2.55 bits per heavy atom. The van der Waals surface area contributed by atoms with Crippen molar-refractivity contribution in [2.24, 2.45) is 30.5 Å². The van der Waals surface area contributed by atoms with Gasteiger partial charge in [-0.15, -0.1) is 0 Å². The maximum atomic E-state index is 13.7. The standard InChI is InChI=1S/C35H44N8O4/c1-40-31-25(15-24(17-28(31)47-2)35(46)43-19-23-5-7-26(43)30(23)36)38-33(40)27-16-22-6-8-29(39-32(22)42(27)18-20-3-4-20)41-12-9-21(10-13-41)34(45)37-11-14-44/h6,8,15-17,20-21,23,26,30,44H,3-5,7,9-14,18-19,36H2,1-2H3,(H,37,45)/t23?,26?,30-/m1/s1. The summed E-state index contributed by atoms with van der Waals surface area (Å²) in [4.78, 5) is 40.8. The molecule has 2 saturated carbocycles. The molecule has 248 valence electrons. The minimum absolute atomic E-state index is 0.00514. The summed E-state index contributed by atoms with van der Waals surface area (Å²) < 4.78 is 10.2. The fourth-order valence-electron chi connectivity index (χ4n) is 8.18. The molecule has 4 fully saturated rings. The lowest BCUT2D eigenvalue weighted by molar-refractivity contribution is -0.125. The van der Waals surface area contributed by atoms with Crippen molar-refractivity contribution >= 4 is 39.7 Å². The van der Waals surface area contributed by atoms with Gasteiger partial charge in [0.25, 0.3) is 5.91 Å². The number of piperidine rings is 2. The first-order valence-electron chi connectivity index (χ1n) is 17.1. The van der Waals surface area contributed by atoms with E-state index in [4.69, 9.17) is 25.5 Å². The topological polar surface area (TPSA) is 144 Å². The van der Waals surface area contributed by atoms with Gasteiger partial charge in [0.2, 0.25) is 5.91 Å². The van der Waals surface area contributed by atoms with Gasteiger partial charge in [-0.1, -0.05) is 0 Å². The van der Waals surface area contributed by atoms with Crippen LogP contribution in [0.3, 0.4) is 0 Å². The van der Waals surface area contributed by atoms with Gasteiger partial charge >= 0.3 is 0 Å². The molecule has 5 heterocycles. The van der Waals surface area contributed by atoms with Gasteiger partial charge in [0.15, 0.2) is 5.82 Å². The lowest BCUT2D eigenvalue weighted by atomic mass is 9.96. The van der Waals surface area contributed by atoms with E-state index in [0.717, 1.165) is 84.7 Å². The number of amides is 2. The fourth-order valence-corrected chi connectivity index (χ4v) is 8.18. The van der Waals surface area contributed by atoms with Crippen molar-refractivity contribution in [3.05, 3.63) is 35.9 Å². The van der Waals surface area contributed by atoms with Crippen molar-refractivity contribution in [3.63, 3.8) is 0 Å². The first kappa shape index (κ1) is 30.2. The number of carbonyl (C=O) groups excluding carboxylic acids is 2. The minimum Gasteiger partial charge on any atom is -0.494 e. The predicted octanol–water partition coefficient (Wildman–Crippen LogP) is 2.90. The lowest BCUT2D eigenvalue weighted by Crippen LogP contribution is -2.41. The summed E-state index contributed by atoms with van der Waals surface area (Å²) >= 11 is 0. The van der Waals surface area contributed by atoms with E-state index >= 15 is 0 Å². The number of carbonyl (C=O) groups is 2. The molecule has 2 saturated heterocycles. The number of rotatable bonds is 9. The zero-order valence-corrected chi connectivity index (χ0v) is 27.2. The van der Waals surface area contributed by atoms with Crippen molar-refractivity contribution in [1.82, 2.24) is 29.3 Å². The fraction of sp³-hybridized carbons (Fsp3) is 0.543. The number of hydrogen-bond acceptors (Lipinski definition) is 8. The quantitative estimate of drug-likeness (QED) is 0.254. The lowest BCUT2D eigenvalue weighted by Gasteiger charge is -2.32. The molecule has 2 unspecified atom stereocenters. The maximum Gasteiger partial charge on any atom is 0.254 e. The van der Waals surface area contributed by atoms with Crippen molar-refractivity contribution in [3.8, 4) is 17.3 Å². The second-order valence-electron chi connectivity index (χ2n) is 13.9. The minimum atomic E-state index is -0.0470. The number of aliphatic hydroxyl groups is 1. The Balaban J connectivity index is 1.13. The van der Waals surface area contributed by atoms with Gasteiger partial charge in [-0.05, 0) is 80.7 Å². The van der Waals surface area contributed by atoms with Gasteiger partial charge < -0.3 is 39.8 Å². The van der Waals surface area contributed by atoms with Crippen molar-refractivity contribution in [1.29, 1.82) is 0 Å². The highest BCUT2D eigenvalue weighted by Crippen LogP contribution is 2.40. The van der Waals surface area contributed by atoms with E-state index in [-0.39, 0.29) is 36.4 Å². The van der Waals surface area contributed by atoms with E-state index in [2.05, 4.69) is 37.5 Å². The second kappa shape index (κ2) is 11.8. The summed E-state index contributed by atoms with van der Waals surface area (Å²) in [6.07, 6.45) is 5.97. The van der Waals surface area contributed by atoms with Crippen molar-refractivity contribution < 1.29 is 19.4 Å². The van der Waals surface area contributed by atoms with Gasteiger partial charge in [-0.25, -0.2) is 9.97 Å². The van der Waals surface area contributed by atoms with E-state index in [1.807, 2.05) is 24.1 Å². The summed E-state index contributed by atoms with van der Waals surface area (Å²) in [6.45, 7) is 3.33. The molecule has 2 aliphatic carbocycles. The number of likely N-dealkylation sites (tertiary alicyclic amines) is 1. The summed E-state index contributed by atoms with van der Waals surface area (Å²) in [5, 5.41) is 12.9. The van der Waals surface area contributed by atoms with Crippen LogP contribution < -0.4 is 20.7 Å². The first-order valence-corrected chi connectivity index (χ1v) is 17.1. The van der Waals surface area contributed by atoms with Gasteiger partial charge in [-0.2, -0.15) is 0 Å². The molecule has 2 bridgehead atoms. The highest BCUT2D eigenvalue weighted by molar-refractivity contribution is 6.00. The Morgan fingerprint density at radius 2 is 1.87 bits per heavy atom. The van der Waals surface area contributed by atoms with Crippen LogP contribution in [0.5, 0.6) is 5.75 Å². The van der Waals surface area contributed by atoms with Crippen LogP contribution in [0, 0.1) is 17.8 Å². The van der Waals surface area contributed by atoms with Crippen LogP contribution in [0.15, 0.2) is 30.3 Å². The summed E-state index contributed by atoms with van der Waals surface area (Å²) in [7, 11) is 3.65. The zero-order valence-electron chi connectivity index (χ0n) is 27.2. The monoisotopic (exact) mass is 640 g/mol. The molecule has 4 aromatic rings. The number of hydrogen-bond donors (Lipinski definition) is 3. The van der Waals surface area contributed by atoms with Gasteiger partial charge in [0.05, 0.1) is 24.9 Å². The smallest absolute Gasteiger partial charge is 0.254 e. The van der Waals surface area contributed by atoms with E-state index in [9.17, 15) is 9.59 Å². The Bertz CT molecular complexity index is 1850. The third-order valence-electron chi connectivity index (χ3n) is 11.0. The normalized spacial score (nSPS) is 22.9. The third-order valence-corrected chi connectivity index (χ3v) is 11.0. The van der Waals surface area contributed by atoms with Crippen LogP contribution in [0.2, 0.25) is 0 Å².